The predicted octanol–water partition coefficient (Wildman–Crippen LogP) is 1.69. The first kappa shape index (κ1) is 20.4. The highest BCUT2D eigenvalue weighted by Crippen LogP contribution is 2.34. The Bertz CT molecular complexity index is 758. The average molecular weight is 421 g/mol. The van der Waals surface area contributed by atoms with Crippen LogP contribution in [0.1, 0.15) is 19.8 Å². The summed E-state index contributed by atoms with van der Waals surface area (Å²) in [5.41, 5.74) is 0.575. The summed E-state index contributed by atoms with van der Waals surface area (Å²) in [6.45, 7) is 9.33. The van der Waals surface area contributed by atoms with Crippen LogP contribution in [-0.2, 0) is 9.59 Å². The molecule has 0 aliphatic carbocycles. The number of amides is 2. The van der Waals surface area contributed by atoms with Gasteiger partial charge >= 0.3 is 0 Å². The van der Waals surface area contributed by atoms with Gasteiger partial charge in [0.15, 0.2) is 6.61 Å². The fourth-order valence-electron chi connectivity index (χ4n) is 4.51. The van der Waals surface area contributed by atoms with Crippen LogP contribution in [0.15, 0.2) is 18.2 Å². The van der Waals surface area contributed by atoms with Gasteiger partial charge in [-0.1, -0.05) is 18.5 Å². The summed E-state index contributed by atoms with van der Waals surface area (Å²) in [5, 5.41) is 0.517. The van der Waals surface area contributed by atoms with E-state index in [0.717, 1.165) is 58.7 Å². The fourth-order valence-corrected chi connectivity index (χ4v) is 4.68. The van der Waals surface area contributed by atoms with E-state index >= 15 is 0 Å². The third-order valence-electron chi connectivity index (χ3n) is 6.35. The number of ether oxygens (including phenoxy) is 1. The summed E-state index contributed by atoms with van der Waals surface area (Å²) in [6, 6.07) is 5.71. The number of benzene rings is 1. The Morgan fingerprint density at radius 3 is 2.55 bits per heavy atom. The first-order valence-electron chi connectivity index (χ1n) is 10.5. The maximum atomic E-state index is 12.9. The van der Waals surface area contributed by atoms with Gasteiger partial charge in [-0.25, -0.2) is 0 Å². The molecule has 2 saturated heterocycles. The van der Waals surface area contributed by atoms with Gasteiger partial charge in [0.2, 0.25) is 5.91 Å². The zero-order valence-electron chi connectivity index (χ0n) is 17.0. The smallest absolute Gasteiger partial charge is 0.265 e. The molecule has 4 rings (SSSR count). The number of halogens is 1. The molecule has 2 fully saturated rings. The van der Waals surface area contributed by atoms with Crippen molar-refractivity contribution >= 4 is 29.1 Å². The number of piperazine rings is 1. The second-order valence-electron chi connectivity index (χ2n) is 7.96. The third kappa shape index (κ3) is 4.52. The zero-order chi connectivity index (χ0) is 20.4. The predicted molar refractivity (Wildman–Crippen MR) is 113 cm³/mol. The van der Waals surface area contributed by atoms with E-state index in [1.165, 1.54) is 4.90 Å². The second kappa shape index (κ2) is 8.90. The van der Waals surface area contributed by atoms with Crippen LogP contribution in [0.2, 0.25) is 5.02 Å². The van der Waals surface area contributed by atoms with Crippen LogP contribution in [0, 0.1) is 0 Å². The summed E-state index contributed by atoms with van der Waals surface area (Å²) < 4.78 is 5.46. The molecule has 0 spiro atoms. The van der Waals surface area contributed by atoms with Crippen molar-refractivity contribution < 1.29 is 14.3 Å². The highest BCUT2D eigenvalue weighted by Gasteiger charge is 2.32. The quantitative estimate of drug-likeness (QED) is 0.742. The van der Waals surface area contributed by atoms with Crippen LogP contribution in [0.25, 0.3) is 0 Å². The molecule has 0 unspecified atom stereocenters. The number of anilines is 1. The van der Waals surface area contributed by atoms with Crippen LogP contribution >= 0.6 is 11.6 Å². The number of hydrogen-bond acceptors (Lipinski definition) is 5. The normalized spacial score (nSPS) is 21.8. The molecule has 0 saturated carbocycles. The standard InChI is InChI=1S/C21H29ClN4O3/c1-2-23-9-11-24(12-10-23)17-5-7-25(8-6-17)20(27)14-26-18-13-16(22)3-4-19(18)29-15-21(26)28/h3-4,13,17H,2,5-12,14-15H2,1H3. The van der Waals surface area contributed by atoms with Crippen LogP contribution in [0.3, 0.4) is 0 Å². The van der Waals surface area contributed by atoms with Crippen LogP contribution in [-0.4, -0.2) is 91.5 Å². The molecular weight excluding hydrogens is 392 g/mol. The van der Waals surface area contributed by atoms with Crippen molar-refractivity contribution in [2.75, 3.05) is 63.9 Å². The summed E-state index contributed by atoms with van der Waals surface area (Å²) in [6.07, 6.45) is 1.99. The molecule has 2 amide bonds. The first-order valence-corrected chi connectivity index (χ1v) is 10.9. The van der Waals surface area contributed by atoms with E-state index < -0.39 is 0 Å². The molecule has 0 atom stereocenters. The van der Waals surface area contributed by atoms with Gasteiger partial charge in [-0.3, -0.25) is 19.4 Å². The molecule has 0 bridgehead atoms. The number of fused-ring (bicyclic) bond motifs is 1. The minimum Gasteiger partial charge on any atom is -0.482 e. The Morgan fingerprint density at radius 2 is 1.86 bits per heavy atom. The molecule has 8 heteroatoms. The Kier molecular flexibility index (Phi) is 6.27. The van der Waals surface area contributed by atoms with Gasteiger partial charge in [0.05, 0.1) is 5.69 Å². The lowest BCUT2D eigenvalue weighted by atomic mass is 10.0. The molecule has 158 valence electrons. The van der Waals surface area contributed by atoms with Crippen LogP contribution < -0.4 is 9.64 Å². The van der Waals surface area contributed by atoms with Crippen molar-refractivity contribution in [3.05, 3.63) is 23.2 Å². The Hall–Kier alpha value is -1.83. The van der Waals surface area contributed by atoms with Crippen molar-refractivity contribution in [3.63, 3.8) is 0 Å². The van der Waals surface area contributed by atoms with E-state index in [1.807, 2.05) is 4.90 Å². The molecule has 7 nitrogen and oxygen atoms in total. The molecular formula is C21H29ClN4O3. The SMILES string of the molecule is CCN1CCN(C2CCN(C(=O)CN3C(=O)COc4ccc(Cl)cc43)CC2)CC1. The van der Waals surface area contributed by atoms with Crippen LogP contribution in [0.4, 0.5) is 5.69 Å². The number of piperidine rings is 1. The number of nitrogens with zero attached hydrogens (tertiary/aromatic N) is 4. The number of rotatable bonds is 4. The van der Waals surface area contributed by atoms with Gasteiger partial charge in [-0.2, -0.15) is 0 Å². The van der Waals surface area contributed by atoms with Gasteiger partial charge in [0.25, 0.3) is 5.91 Å². The highest BCUT2D eigenvalue weighted by molar-refractivity contribution is 6.31. The van der Waals surface area contributed by atoms with Gasteiger partial charge in [-0.05, 0) is 37.6 Å². The number of likely N-dealkylation sites (tertiary alicyclic amines) is 1. The van der Waals surface area contributed by atoms with Gasteiger partial charge in [0, 0.05) is 50.3 Å². The van der Waals surface area contributed by atoms with Crippen LogP contribution in [0.5, 0.6) is 5.75 Å². The first-order chi connectivity index (χ1) is 14.0. The summed E-state index contributed by atoms with van der Waals surface area (Å²) >= 11 is 6.09. The van der Waals surface area contributed by atoms with Crippen molar-refractivity contribution in [1.82, 2.24) is 14.7 Å². The molecule has 0 N–H and O–H groups in total. The maximum Gasteiger partial charge on any atom is 0.265 e. The van der Waals surface area contributed by atoms with Crippen molar-refractivity contribution in [1.29, 1.82) is 0 Å². The van der Waals surface area contributed by atoms with Gasteiger partial charge in [0.1, 0.15) is 12.3 Å². The van der Waals surface area contributed by atoms with Gasteiger partial charge in [-0.15, -0.1) is 0 Å². The molecule has 3 aliphatic heterocycles. The lowest BCUT2D eigenvalue weighted by Gasteiger charge is -2.43. The van der Waals surface area contributed by atoms with E-state index in [9.17, 15) is 9.59 Å². The maximum absolute atomic E-state index is 12.9. The minimum absolute atomic E-state index is 0.0135. The molecule has 1 aromatic carbocycles. The lowest BCUT2D eigenvalue weighted by molar-refractivity contribution is -0.133. The Labute approximate surface area is 177 Å². The summed E-state index contributed by atoms with van der Waals surface area (Å²) in [5.74, 6) is 0.365. The fraction of sp³-hybridized carbons (Fsp3) is 0.619. The number of hydrogen-bond donors (Lipinski definition) is 0. The highest BCUT2D eigenvalue weighted by atomic mass is 35.5. The molecule has 3 aliphatic rings. The molecule has 29 heavy (non-hydrogen) atoms. The average Bonchev–Trinajstić information content (AvgIpc) is 2.76. The van der Waals surface area contributed by atoms with Crippen molar-refractivity contribution in [3.8, 4) is 5.75 Å². The zero-order valence-corrected chi connectivity index (χ0v) is 17.7. The van der Waals surface area contributed by atoms with Crippen molar-refractivity contribution in [2.24, 2.45) is 0 Å². The summed E-state index contributed by atoms with van der Waals surface area (Å²) in [7, 11) is 0. The number of carbonyl (C=O) groups is 2. The lowest BCUT2D eigenvalue weighted by Crippen LogP contribution is -2.54. The Morgan fingerprint density at radius 1 is 1.14 bits per heavy atom. The molecule has 0 radical (unpaired) electrons. The van der Waals surface area contributed by atoms with E-state index in [4.69, 9.17) is 16.3 Å². The monoisotopic (exact) mass is 420 g/mol. The van der Waals surface area contributed by atoms with E-state index in [1.54, 1.807) is 18.2 Å². The molecule has 3 heterocycles. The third-order valence-corrected chi connectivity index (χ3v) is 6.58. The van der Waals surface area contributed by atoms with E-state index in [-0.39, 0.29) is 25.0 Å². The minimum atomic E-state index is -0.211. The second-order valence-corrected chi connectivity index (χ2v) is 8.40. The van der Waals surface area contributed by atoms with E-state index in [2.05, 4.69) is 16.7 Å². The van der Waals surface area contributed by atoms with Crippen molar-refractivity contribution in [2.45, 2.75) is 25.8 Å². The summed E-state index contributed by atoms with van der Waals surface area (Å²) in [4.78, 5) is 33.7. The number of carbonyl (C=O) groups excluding carboxylic acids is 2. The Balaban J connectivity index is 1.33. The topological polar surface area (TPSA) is 56.3 Å². The molecule has 0 aromatic heterocycles. The van der Waals surface area contributed by atoms with E-state index in [0.29, 0.717) is 22.5 Å². The van der Waals surface area contributed by atoms with Gasteiger partial charge < -0.3 is 14.5 Å². The number of likely N-dealkylation sites (N-methyl/N-ethyl adjacent to an activating group) is 1. The largest absolute Gasteiger partial charge is 0.482 e. The molecule has 1 aromatic rings.